The lowest BCUT2D eigenvalue weighted by Crippen LogP contribution is -2.31. The van der Waals surface area contributed by atoms with E-state index in [0.717, 1.165) is 0 Å². The van der Waals surface area contributed by atoms with Crippen molar-refractivity contribution in [1.29, 1.82) is 0 Å². The van der Waals surface area contributed by atoms with Crippen molar-refractivity contribution in [2.75, 3.05) is 23.3 Å². The van der Waals surface area contributed by atoms with E-state index in [1.807, 2.05) is 0 Å². The normalized spacial score (nSPS) is 10.9. The number of carbonyl (C=O) groups excluding carboxylic acids is 1. The number of nitrogens with one attached hydrogen (secondary N) is 1. The first-order valence-corrected chi connectivity index (χ1v) is 11.1. The topological polar surface area (TPSA) is 75.7 Å². The SMILES string of the molecule is C=CCN(c1ccccc1)S(=O)(=O)c1cccc(C(=O)Nc2ccc(OC)c(Cl)c2)c1. The molecule has 0 radical (unpaired) electrons. The first kappa shape index (κ1) is 22.4. The number of carbonyl (C=O) groups is 1. The molecule has 3 aromatic carbocycles. The molecule has 0 fully saturated rings. The quantitative estimate of drug-likeness (QED) is 0.485. The van der Waals surface area contributed by atoms with E-state index >= 15 is 0 Å². The number of ether oxygens (including phenoxy) is 1. The van der Waals surface area contributed by atoms with Gasteiger partial charge in [-0.1, -0.05) is 41.9 Å². The molecular weight excluding hydrogens is 436 g/mol. The summed E-state index contributed by atoms with van der Waals surface area (Å²) in [6.45, 7) is 3.75. The Bertz CT molecular complexity index is 1200. The van der Waals surface area contributed by atoms with Crippen molar-refractivity contribution in [3.8, 4) is 5.75 Å². The van der Waals surface area contributed by atoms with Gasteiger partial charge in [0.25, 0.3) is 15.9 Å². The van der Waals surface area contributed by atoms with Crippen LogP contribution in [0.2, 0.25) is 5.02 Å². The van der Waals surface area contributed by atoms with Crippen LogP contribution in [0.1, 0.15) is 10.4 Å². The summed E-state index contributed by atoms with van der Waals surface area (Å²) >= 11 is 6.10. The molecule has 0 heterocycles. The molecule has 0 aliphatic carbocycles. The van der Waals surface area contributed by atoms with Gasteiger partial charge in [0, 0.05) is 11.3 Å². The molecule has 0 spiro atoms. The van der Waals surface area contributed by atoms with Gasteiger partial charge in [-0.25, -0.2) is 8.42 Å². The molecule has 8 heteroatoms. The molecular formula is C23H21ClN2O4S. The second-order valence-electron chi connectivity index (χ2n) is 6.49. The van der Waals surface area contributed by atoms with Crippen LogP contribution in [0.15, 0.2) is 90.3 Å². The summed E-state index contributed by atoms with van der Waals surface area (Å²) in [5.74, 6) is 0.0178. The van der Waals surface area contributed by atoms with Crippen LogP contribution in [-0.4, -0.2) is 28.0 Å². The van der Waals surface area contributed by atoms with Gasteiger partial charge in [0.05, 0.1) is 29.3 Å². The zero-order valence-electron chi connectivity index (χ0n) is 16.8. The van der Waals surface area contributed by atoms with Gasteiger partial charge in [0.1, 0.15) is 5.75 Å². The Morgan fingerprint density at radius 2 is 1.84 bits per heavy atom. The largest absolute Gasteiger partial charge is 0.495 e. The third kappa shape index (κ3) is 5.07. The van der Waals surface area contributed by atoms with Crippen LogP contribution in [0.5, 0.6) is 5.75 Å². The van der Waals surface area contributed by atoms with Crippen molar-refractivity contribution in [3.63, 3.8) is 0 Å². The van der Waals surface area contributed by atoms with E-state index < -0.39 is 15.9 Å². The number of para-hydroxylation sites is 1. The number of amides is 1. The fraction of sp³-hybridized carbons (Fsp3) is 0.0870. The zero-order chi connectivity index (χ0) is 22.4. The van der Waals surface area contributed by atoms with Crippen LogP contribution in [0.3, 0.4) is 0 Å². The van der Waals surface area contributed by atoms with Gasteiger partial charge in [0.2, 0.25) is 0 Å². The van der Waals surface area contributed by atoms with Crippen molar-refractivity contribution < 1.29 is 17.9 Å². The summed E-state index contributed by atoms with van der Waals surface area (Å²) in [5, 5.41) is 3.06. The van der Waals surface area contributed by atoms with Crippen LogP contribution < -0.4 is 14.4 Å². The Hall–Kier alpha value is -3.29. The van der Waals surface area contributed by atoms with Crippen molar-refractivity contribution >= 4 is 38.9 Å². The fourth-order valence-corrected chi connectivity index (χ4v) is 4.67. The summed E-state index contributed by atoms with van der Waals surface area (Å²) in [5.41, 5.74) is 1.16. The molecule has 1 amide bonds. The molecule has 0 atom stereocenters. The van der Waals surface area contributed by atoms with Gasteiger partial charge in [-0.05, 0) is 48.5 Å². The first-order chi connectivity index (χ1) is 14.9. The number of benzene rings is 3. The lowest BCUT2D eigenvalue weighted by molar-refractivity contribution is 0.102. The second-order valence-corrected chi connectivity index (χ2v) is 8.76. The predicted octanol–water partition coefficient (Wildman–Crippen LogP) is 4.98. The zero-order valence-corrected chi connectivity index (χ0v) is 18.4. The smallest absolute Gasteiger partial charge is 0.264 e. The molecule has 0 aliphatic heterocycles. The van der Waals surface area contributed by atoms with E-state index in [4.69, 9.17) is 16.3 Å². The maximum atomic E-state index is 13.3. The highest BCUT2D eigenvalue weighted by molar-refractivity contribution is 7.92. The van der Waals surface area contributed by atoms with Gasteiger partial charge in [-0.2, -0.15) is 0 Å². The van der Waals surface area contributed by atoms with Crippen LogP contribution in [0.25, 0.3) is 0 Å². The third-order valence-electron chi connectivity index (χ3n) is 4.43. The van der Waals surface area contributed by atoms with Gasteiger partial charge in [0.15, 0.2) is 0 Å². The number of methoxy groups -OCH3 is 1. The Kier molecular flexibility index (Phi) is 6.99. The molecule has 0 unspecified atom stereocenters. The van der Waals surface area contributed by atoms with Crippen molar-refractivity contribution in [2.24, 2.45) is 0 Å². The van der Waals surface area contributed by atoms with E-state index in [-0.39, 0.29) is 17.0 Å². The van der Waals surface area contributed by atoms with Crippen LogP contribution >= 0.6 is 11.6 Å². The Morgan fingerprint density at radius 1 is 1.10 bits per heavy atom. The number of nitrogens with zero attached hydrogens (tertiary/aromatic N) is 1. The van der Waals surface area contributed by atoms with Crippen LogP contribution in [0.4, 0.5) is 11.4 Å². The number of hydrogen-bond donors (Lipinski definition) is 1. The van der Waals surface area contributed by atoms with Gasteiger partial charge in [-0.3, -0.25) is 9.10 Å². The average molecular weight is 457 g/mol. The van der Waals surface area contributed by atoms with Crippen molar-refractivity contribution in [1.82, 2.24) is 0 Å². The van der Waals surface area contributed by atoms with Crippen LogP contribution in [0, 0.1) is 0 Å². The van der Waals surface area contributed by atoms with Gasteiger partial charge < -0.3 is 10.1 Å². The number of rotatable bonds is 8. The molecule has 0 aromatic heterocycles. The van der Waals surface area contributed by atoms with Gasteiger partial charge >= 0.3 is 0 Å². The Balaban J connectivity index is 1.90. The highest BCUT2D eigenvalue weighted by atomic mass is 35.5. The monoisotopic (exact) mass is 456 g/mol. The second kappa shape index (κ2) is 9.68. The minimum atomic E-state index is -3.92. The van der Waals surface area contributed by atoms with E-state index in [2.05, 4.69) is 11.9 Å². The molecule has 31 heavy (non-hydrogen) atoms. The maximum absolute atomic E-state index is 13.3. The summed E-state index contributed by atoms with van der Waals surface area (Å²) in [4.78, 5) is 12.7. The molecule has 0 bridgehead atoms. The molecule has 6 nitrogen and oxygen atoms in total. The minimum absolute atomic E-state index is 0.00128. The standard InChI is InChI=1S/C23H21ClN2O4S/c1-3-14-26(19-9-5-4-6-10-19)31(28,29)20-11-7-8-17(15-20)23(27)25-18-12-13-22(30-2)21(24)16-18/h3-13,15-16H,1,14H2,2H3,(H,25,27). The van der Waals surface area contributed by atoms with E-state index in [1.54, 1.807) is 54.6 Å². The van der Waals surface area contributed by atoms with Crippen molar-refractivity contribution in [3.05, 3.63) is 96.0 Å². The molecule has 160 valence electrons. The highest BCUT2D eigenvalue weighted by Gasteiger charge is 2.25. The third-order valence-corrected chi connectivity index (χ3v) is 6.52. The Labute approximate surface area is 186 Å². The molecule has 0 saturated heterocycles. The molecule has 3 rings (SSSR count). The van der Waals surface area contributed by atoms with E-state index in [1.165, 1.54) is 35.7 Å². The lowest BCUT2D eigenvalue weighted by Gasteiger charge is -2.23. The molecule has 1 N–H and O–H groups in total. The highest BCUT2D eigenvalue weighted by Crippen LogP contribution is 2.28. The van der Waals surface area contributed by atoms with E-state index in [0.29, 0.717) is 22.1 Å². The molecule has 0 aliphatic rings. The van der Waals surface area contributed by atoms with Crippen molar-refractivity contribution in [2.45, 2.75) is 4.90 Å². The van der Waals surface area contributed by atoms with Crippen LogP contribution in [-0.2, 0) is 10.0 Å². The maximum Gasteiger partial charge on any atom is 0.264 e. The fourth-order valence-electron chi connectivity index (χ4n) is 2.93. The van der Waals surface area contributed by atoms with E-state index in [9.17, 15) is 13.2 Å². The average Bonchev–Trinajstić information content (AvgIpc) is 2.78. The number of halogens is 1. The summed E-state index contributed by atoms with van der Waals surface area (Å²) in [7, 11) is -2.42. The minimum Gasteiger partial charge on any atom is -0.495 e. The number of hydrogen-bond acceptors (Lipinski definition) is 4. The molecule has 3 aromatic rings. The number of sulfonamides is 1. The van der Waals surface area contributed by atoms with Gasteiger partial charge in [-0.15, -0.1) is 6.58 Å². The summed E-state index contributed by atoms with van der Waals surface area (Å²) in [6.07, 6.45) is 1.51. The lowest BCUT2D eigenvalue weighted by atomic mass is 10.2. The predicted molar refractivity (Wildman–Crippen MR) is 124 cm³/mol. The molecule has 0 saturated carbocycles. The number of anilines is 2. The summed E-state index contributed by atoms with van der Waals surface area (Å²) < 4.78 is 32.9. The Morgan fingerprint density at radius 3 is 2.48 bits per heavy atom. The summed E-state index contributed by atoms with van der Waals surface area (Å²) in [6, 6.07) is 19.4. The first-order valence-electron chi connectivity index (χ1n) is 9.30.